The Labute approximate surface area is 161 Å². The SMILES string of the molecule is CCCN(CCC)c1ncc(C(=O)Nc2ccc(N3CCCC3)cc2)cn1. The zero-order chi connectivity index (χ0) is 19.1. The summed E-state index contributed by atoms with van der Waals surface area (Å²) in [4.78, 5) is 25.8. The first-order valence-corrected chi connectivity index (χ1v) is 9.94. The van der Waals surface area contributed by atoms with Crippen molar-refractivity contribution in [2.24, 2.45) is 0 Å². The van der Waals surface area contributed by atoms with E-state index >= 15 is 0 Å². The van der Waals surface area contributed by atoms with Crippen LogP contribution in [0, 0.1) is 0 Å². The average molecular weight is 367 g/mol. The zero-order valence-corrected chi connectivity index (χ0v) is 16.3. The van der Waals surface area contributed by atoms with Crippen molar-refractivity contribution in [2.75, 3.05) is 41.3 Å². The zero-order valence-electron chi connectivity index (χ0n) is 16.3. The van der Waals surface area contributed by atoms with Gasteiger partial charge in [0.05, 0.1) is 5.56 Å². The van der Waals surface area contributed by atoms with Crippen LogP contribution in [0.5, 0.6) is 0 Å². The van der Waals surface area contributed by atoms with Crippen LogP contribution in [-0.2, 0) is 0 Å². The first kappa shape index (κ1) is 19.1. The molecule has 3 rings (SSSR count). The molecule has 0 radical (unpaired) electrons. The lowest BCUT2D eigenvalue weighted by molar-refractivity contribution is 0.102. The molecule has 0 spiro atoms. The van der Waals surface area contributed by atoms with E-state index in [2.05, 4.69) is 51.1 Å². The van der Waals surface area contributed by atoms with Gasteiger partial charge < -0.3 is 15.1 Å². The van der Waals surface area contributed by atoms with Gasteiger partial charge in [0.15, 0.2) is 0 Å². The molecule has 0 atom stereocenters. The molecule has 1 N–H and O–H groups in total. The van der Waals surface area contributed by atoms with Crippen LogP contribution in [0.1, 0.15) is 49.9 Å². The number of aromatic nitrogens is 2. The van der Waals surface area contributed by atoms with Crippen molar-refractivity contribution in [3.63, 3.8) is 0 Å². The summed E-state index contributed by atoms with van der Waals surface area (Å²) >= 11 is 0. The Morgan fingerprint density at radius 1 is 1.04 bits per heavy atom. The number of benzene rings is 1. The van der Waals surface area contributed by atoms with Crippen molar-refractivity contribution in [3.8, 4) is 0 Å². The molecule has 1 aliphatic heterocycles. The standard InChI is InChI=1S/C21H29N5O/c1-3-11-26(12-4-2)21-22-15-17(16-23-21)20(27)24-18-7-9-19(10-8-18)25-13-5-6-14-25/h7-10,15-16H,3-6,11-14H2,1-2H3,(H,24,27). The normalized spacial score (nSPS) is 13.6. The summed E-state index contributed by atoms with van der Waals surface area (Å²) in [5.74, 6) is 0.498. The summed E-state index contributed by atoms with van der Waals surface area (Å²) in [6.07, 6.45) is 7.80. The second kappa shape index (κ2) is 9.35. The fraction of sp³-hybridized carbons (Fsp3) is 0.476. The Balaban J connectivity index is 1.62. The topological polar surface area (TPSA) is 61.4 Å². The Hall–Kier alpha value is -2.63. The van der Waals surface area contributed by atoms with E-state index in [1.807, 2.05) is 12.1 Å². The molecule has 144 valence electrons. The second-order valence-corrected chi connectivity index (χ2v) is 6.95. The molecule has 0 saturated carbocycles. The molecule has 2 heterocycles. The fourth-order valence-corrected chi connectivity index (χ4v) is 3.39. The quantitative estimate of drug-likeness (QED) is 0.765. The first-order chi connectivity index (χ1) is 13.2. The summed E-state index contributed by atoms with van der Waals surface area (Å²) in [5, 5.41) is 2.92. The van der Waals surface area contributed by atoms with Gasteiger partial charge >= 0.3 is 0 Å². The molecule has 1 aliphatic rings. The summed E-state index contributed by atoms with van der Waals surface area (Å²) in [6, 6.07) is 8.03. The molecule has 2 aromatic rings. The van der Waals surface area contributed by atoms with Crippen molar-refractivity contribution in [2.45, 2.75) is 39.5 Å². The van der Waals surface area contributed by atoms with Crippen LogP contribution in [0.25, 0.3) is 0 Å². The van der Waals surface area contributed by atoms with E-state index < -0.39 is 0 Å². The van der Waals surface area contributed by atoms with Crippen molar-refractivity contribution in [1.29, 1.82) is 0 Å². The third-order valence-electron chi connectivity index (χ3n) is 4.77. The number of carbonyl (C=O) groups is 1. The molecule has 6 heteroatoms. The molecule has 1 aromatic heterocycles. The number of hydrogen-bond donors (Lipinski definition) is 1. The van der Waals surface area contributed by atoms with Gasteiger partial charge in [-0.25, -0.2) is 9.97 Å². The van der Waals surface area contributed by atoms with Crippen LogP contribution in [0.2, 0.25) is 0 Å². The minimum Gasteiger partial charge on any atom is -0.372 e. The number of carbonyl (C=O) groups excluding carboxylic acids is 1. The Bertz CT molecular complexity index is 717. The van der Waals surface area contributed by atoms with Crippen molar-refractivity contribution >= 4 is 23.2 Å². The first-order valence-electron chi connectivity index (χ1n) is 9.94. The van der Waals surface area contributed by atoms with Gasteiger partial charge in [-0.1, -0.05) is 13.8 Å². The highest BCUT2D eigenvalue weighted by molar-refractivity contribution is 6.03. The minimum absolute atomic E-state index is 0.187. The minimum atomic E-state index is -0.187. The number of anilines is 3. The van der Waals surface area contributed by atoms with Gasteiger partial charge in [-0.3, -0.25) is 4.79 Å². The van der Waals surface area contributed by atoms with Crippen LogP contribution >= 0.6 is 0 Å². The monoisotopic (exact) mass is 367 g/mol. The molecular weight excluding hydrogens is 338 g/mol. The smallest absolute Gasteiger partial charge is 0.258 e. The van der Waals surface area contributed by atoms with Crippen LogP contribution in [0.3, 0.4) is 0 Å². The second-order valence-electron chi connectivity index (χ2n) is 6.95. The Kier molecular flexibility index (Phi) is 6.63. The van der Waals surface area contributed by atoms with Crippen molar-refractivity contribution < 1.29 is 4.79 Å². The molecule has 27 heavy (non-hydrogen) atoms. The van der Waals surface area contributed by atoms with Crippen LogP contribution in [0.4, 0.5) is 17.3 Å². The molecular formula is C21H29N5O. The van der Waals surface area contributed by atoms with Gasteiger partial charge in [0.25, 0.3) is 5.91 Å². The summed E-state index contributed by atoms with van der Waals surface area (Å²) in [6.45, 7) is 8.34. The fourth-order valence-electron chi connectivity index (χ4n) is 3.39. The highest BCUT2D eigenvalue weighted by atomic mass is 16.1. The van der Waals surface area contributed by atoms with Crippen LogP contribution < -0.4 is 15.1 Å². The summed E-state index contributed by atoms with van der Waals surface area (Å²) < 4.78 is 0. The number of nitrogens with one attached hydrogen (secondary N) is 1. The predicted octanol–water partition coefficient (Wildman–Crippen LogP) is 3.96. The predicted molar refractivity (Wildman–Crippen MR) is 111 cm³/mol. The largest absolute Gasteiger partial charge is 0.372 e. The highest BCUT2D eigenvalue weighted by Crippen LogP contribution is 2.22. The number of amides is 1. The third-order valence-corrected chi connectivity index (χ3v) is 4.77. The van der Waals surface area contributed by atoms with E-state index in [1.165, 1.54) is 18.5 Å². The van der Waals surface area contributed by atoms with Gasteiger partial charge in [0, 0.05) is 49.9 Å². The maximum atomic E-state index is 12.5. The van der Waals surface area contributed by atoms with Crippen LogP contribution in [0.15, 0.2) is 36.7 Å². The molecule has 0 aliphatic carbocycles. The molecule has 1 aromatic carbocycles. The van der Waals surface area contributed by atoms with Crippen LogP contribution in [-0.4, -0.2) is 42.1 Å². The summed E-state index contributed by atoms with van der Waals surface area (Å²) in [5.41, 5.74) is 2.46. The van der Waals surface area contributed by atoms with E-state index in [9.17, 15) is 4.79 Å². The summed E-state index contributed by atoms with van der Waals surface area (Å²) in [7, 11) is 0. The van der Waals surface area contributed by atoms with Gasteiger partial charge in [-0.15, -0.1) is 0 Å². The molecule has 1 fully saturated rings. The van der Waals surface area contributed by atoms with E-state index in [0.717, 1.165) is 44.7 Å². The Morgan fingerprint density at radius 3 is 2.19 bits per heavy atom. The van der Waals surface area contributed by atoms with Gasteiger partial charge in [-0.2, -0.15) is 0 Å². The number of hydrogen-bond acceptors (Lipinski definition) is 5. The number of rotatable bonds is 8. The lowest BCUT2D eigenvalue weighted by Crippen LogP contribution is -2.27. The van der Waals surface area contributed by atoms with Gasteiger partial charge in [-0.05, 0) is 49.9 Å². The third kappa shape index (κ3) is 4.96. The Morgan fingerprint density at radius 2 is 1.63 bits per heavy atom. The van der Waals surface area contributed by atoms with Gasteiger partial charge in [0.2, 0.25) is 5.95 Å². The molecule has 0 bridgehead atoms. The van der Waals surface area contributed by atoms with Gasteiger partial charge in [0.1, 0.15) is 0 Å². The maximum Gasteiger partial charge on any atom is 0.258 e. The van der Waals surface area contributed by atoms with Crippen molar-refractivity contribution in [3.05, 3.63) is 42.2 Å². The van der Waals surface area contributed by atoms with E-state index in [0.29, 0.717) is 11.5 Å². The number of nitrogens with zero attached hydrogens (tertiary/aromatic N) is 4. The molecule has 6 nitrogen and oxygen atoms in total. The van der Waals surface area contributed by atoms with E-state index in [4.69, 9.17) is 0 Å². The molecule has 1 amide bonds. The molecule has 0 unspecified atom stereocenters. The van der Waals surface area contributed by atoms with Crippen molar-refractivity contribution in [1.82, 2.24) is 9.97 Å². The van der Waals surface area contributed by atoms with E-state index in [-0.39, 0.29) is 5.91 Å². The lowest BCUT2D eigenvalue weighted by Gasteiger charge is -2.21. The lowest BCUT2D eigenvalue weighted by atomic mass is 10.2. The maximum absolute atomic E-state index is 12.5. The highest BCUT2D eigenvalue weighted by Gasteiger charge is 2.13. The average Bonchev–Trinajstić information content (AvgIpc) is 3.23. The molecule has 1 saturated heterocycles. The van der Waals surface area contributed by atoms with E-state index in [1.54, 1.807) is 12.4 Å².